The summed E-state index contributed by atoms with van der Waals surface area (Å²) in [6, 6.07) is 18.3. The Hall–Kier alpha value is -3.29. The van der Waals surface area contributed by atoms with Gasteiger partial charge in [0.1, 0.15) is 16.5 Å². The first-order chi connectivity index (χ1) is 18.1. The third kappa shape index (κ3) is 4.74. The Morgan fingerprint density at radius 3 is 2.46 bits per heavy atom. The van der Waals surface area contributed by atoms with E-state index in [1.54, 1.807) is 0 Å². The van der Waals surface area contributed by atoms with E-state index in [0.29, 0.717) is 13.1 Å². The predicted molar refractivity (Wildman–Crippen MR) is 151 cm³/mol. The summed E-state index contributed by atoms with van der Waals surface area (Å²) in [5.41, 5.74) is 4.49. The van der Waals surface area contributed by atoms with E-state index in [1.165, 1.54) is 21.4 Å². The summed E-state index contributed by atoms with van der Waals surface area (Å²) in [5.74, 6) is 2.06. The third-order valence-electron chi connectivity index (χ3n) is 7.70. The number of aromatic nitrogens is 2. The quantitative estimate of drug-likeness (QED) is 0.380. The Bertz CT molecular complexity index is 1420. The number of likely N-dealkylation sites (N-methyl/N-ethyl adjacent to an activating group) is 1. The summed E-state index contributed by atoms with van der Waals surface area (Å²) < 4.78 is 0. The van der Waals surface area contributed by atoms with Crippen molar-refractivity contribution in [2.24, 2.45) is 0 Å². The summed E-state index contributed by atoms with van der Waals surface area (Å²) in [5, 5.41) is 1.24. The Balaban J connectivity index is 1.32. The van der Waals surface area contributed by atoms with Gasteiger partial charge < -0.3 is 9.80 Å². The summed E-state index contributed by atoms with van der Waals surface area (Å²) in [6.45, 7) is 10.3. The molecule has 0 bridgehead atoms. The van der Waals surface area contributed by atoms with Crippen LogP contribution >= 0.6 is 11.3 Å². The van der Waals surface area contributed by atoms with Gasteiger partial charge in [0.05, 0.1) is 5.39 Å². The molecular formula is C30H33N5OS. The second-order valence-electron chi connectivity index (χ2n) is 10.0. The molecule has 37 heavy (non-hydrogen) atoms. The fourth-order valence-corrected chi connectivity index (χ4v) is 6.81. The van der Waals surface area contributed by atoms with Gasteiger partial charge in [0.2, 0.25) is 0 Å². The molecule has 0 N–H and O–H groups in total. The Labute approximate surface area is 222 Å². The number of amides is 1. The van der Waals surface area contributed by atoms with E-state index in [4.69, 9.17) is 9.97 Å². The highest BCUT2D eigenvalue weighted by molar-refractivity contribution is 7.19. The van der Waals surface area contributed by atoms with Crippen molar-refractivity contribution in [3.8, 4) is 0 Å². The smallest absolute Gasteiger partial charge is 0.254 e. The van der Waals surface area contributed by atoms with Crippen LogP contribution in [0.4, 0.5) is 5.82 Å². The standard InChI is InChI=1S/C30H33N5OS/c1-3-33-14-13-24-25(20-33)37-29-27(24)28(31-26(32-29)19-22-10-5-4-6-11-22)34-15-17-35(18-16-34)30(36)23-12-8-7-9-21(23)2/h4-12H,3,13-20H2,1-2H3. The van der Waals surface area contributed by atoms with E-state index in [1.807, 2.05) is 53.5 Å². The number of carbonyl (C=O) groups is 1. The van der Waals surface area contributed by atoms with Crippen molar-refractivity contribution in [1.29, 1.82) is 0 Å². The number of hydrogen-bond donors (Lipinski definition) is 0. The average Bonchev–Trinajstić information content (AvgIpc) is 3.30. The first-order valence-corrected chi connectivity index (χ1v) is 14.1. The predicted octanol–water partition coefficient (Wildman–Crippen LogP) is 4.93. The van der Waals surface area contributed by atoms with E-state index in [-0.39, 0.29) is 5.91 Å². The van der Waals surface area contributed by atoms with Gasteiger partial charge in [0.25, 0.3) is 5.91 Å². The minimum absolute atomic E-state index is 0.128. The molecular weight excluding hydrogens is 478 g/mol. The Morgan fingerprint density at radius 1 is 0.946 bits per heavy atom. The number of anilines is 1. The van der Waals surface area contributed by atoms with Crippen molar-refractivity contribution in [2.75, 3.05) is 44.2 Å². The SMILES string of the molecule is CCN1CCc2c(sc3nc(Cc4ccccc4)nc(N4CCN(C(=O)c5ccccc5C)CC4)c23)C1. The monoisotopic (exact) mass is 511 g/mol. The van der Waals surface area contributed by atoms with Gasteiger partial charge in [-0.2, -0.15) is 0 Å². The van der Waals surface area contributed by atoms with Gasteiger partial charge in [0, 0.05) is 56.1 Å². The molecule has 0 radical (unpaired) electrons. The lowest BCUT2D eigenvalue weighted by atomic mass is 10.0. The first kappa shape index (κ1) is 24.1. The lowest BCUT2D eigenvalue weighted by molar-refractivity contribution is 0.0746. The van der Waals surface area contributed by atoms with E-state index in [9.17, 15) is 4.79 Å². The number of hydrogen-bond acceptors (Lipinski definition) is 6. The van der Waals surface area contributed by atoms with Gasteiger partial charge in [-0.3, -0.25) is 9.69 Å². The molecule has 190 valence electrons. The van der Waals surface area contributed by atoms with Gasteiger partial charge in [0.15, 0.2) is 0 Å². The van der Waals surface area contributed by atoms with Crippen molar-refractivity contribution in [2.45, 2.75) is 33.2 Å². The van der Waals surface area contributed by atoms with E-state index in [0.717, 1.165) is 73.2 Å². The maximum absolute atomic E-state index is 13.2. The van der Waals surface area contributed by atoms with Gasteiger partial charge >= 0.3 is 0 Å². The van der Waals surface area contributed by atoms with Crippen LogP contribution < -0.4 is 4.90 Å². The van der Waals surface area contributed by atoms with Crippen molar-refractivity contribution < 1.29 is 4.79 Å². The van der Waals surface area contributed by atoms with E-state index >= 15 is 0 Å². The number of aryl methyl sites for hydroxylation is 1. The zero-order valence-electron chi connectivity index (χ0n) is 21.6. The topological polar surface area (TPSA) is 52.6 Å². The molecule has 0 spiro atoms. The third-order valence-corrected chi connectivity index (χ3v) is 8.81. The molecule has 1 amide bonds. The molecule has 2 aliphatic heterocycles. The van der Waals surface area contributed by atoms with Crippen LogP contribution in [0, 0.1) is 6.92 Å². The zero-order valence-corrected chi connectivity index (χ0v) is 22.4. The van der Waals surface area contributed by atoms with Crippen molar-refractivity contribution in [1.82, 2.24) is 19.8 Å². The molecule has 6 nitrogen and oxygen atoms in total. The zero-order chi connectivity index (χ0) is 25.4. The number of rotatable bonds is 5. The molecule has 2 aromatic carbocycles. The van der Waals surface area contributed by atoms with E-state index < -0.39 is 0 Å². The molecule has 0 unspecified atom stereocenters. The van der Waals surface area contributed by atoms with E-state index in [2.05, 4.69) is 41.0 Å². The highest BCUT2D eigenvalue weighted by atomic mass is 32.1. The Morgan fingerprint density at radius 2 is 1.70 bits per heavy atom. The molecule has 2 aromatic heterocycles. The molecule has 1 fully saturated rings. The highest BCUT2D eigenvalue weighted by Crippen LogP contribution is 2.39. The molecule has 6 rings (SSSR count). The van der Waals surface area contributed by atoms with Crippen LogP contribution in [0.1, 0.15) is 44.7 Å². The molecule has 0 saturated carbocycles. The van der Waals surface area contributed by atoms with Gasteiger partial charge in [-0.25, -0.2) is 9.97 Å². The number of benzene rings is 2. The maximum Gasteiger partial charge on any atom is 0.254 e. The summed E-state index contributed by atoms with van der Waals surface area (Å²) in [4.78, 5) is 32.9. The Kier molecular flexibility index (Phi) is 6.65. The largest absolute Gasteiger partial charge is 0.352 e. The van der Waals surface area contributed by atoms with Crippen molar-refractivity contribution in [3.63, 3.8) is 0 Å². The maximum atomic E-state index is 13.2. The molecule has 2 aliphatic rings. The lowest BCUT2D eigenvalue weighted by Crippen LogP contribution is -2.49. The highest BCUT2D eigenvalue weighted by Gasteiger charge is 2.29. The minimum Gasteiger partial charge on any atom is -0.352 e. The van der Waals surface area contributed by atoms with Gasteiger partial charge in [-0.1, -0.05) is 55.5 Å². The van der Waals surface area contributed by atoms with Crippen LogP contribution in [0.2, 0.25) is 0 Å². The number of piperazine rings is 1. The molecule has 7 heteroatoms. The average molecular weight is 512 g/mol. The van der Waals surface area contributed by atoms with Crippen LogP contribution in [0.3, 0.4) is 0 Å². The number of carbonyl (C=O) groups excluding carboxylic acids is 1. The first-order valence-electron chi connectivity index (χ1n) is 13.3. The van der Waals surface area contributed by atoms with Crippen LogP contribution in [-0.4, -0.2) is 64.9 Å². The van der Waals surface area contributed by atoms with Crippen LogP contribution in [-0.2, 0) is 19.4 Å². The fourth-order valence-electron chi connectivity index (χ4n) is 5.53. The molecule has 4 aromatic rings. The summed E-state index contributed by atoms with van der Waals surface area (Å²) in [6.07, 6.45) is 1.77. The molecule has 0 aliphatic carbocycles. The molecule has 1 saturated heterocycles. The lowest BCUT2D eigenvalue weighted by Gasteiger charge is -2.36. The molecule has 4 heterocycles. The molecule has 0 atom stereocenters. The van der Waals surface area contributed by atoms with Crippen LogP contribution in [0.15, 0.2) is 54.6 Å². The van der Waals surface area contributed by atoms with Crippen LogP contribution in [0.25, 0.3) is 10.2 Å². The van der Waals surface area contributed by atoms with Crippen molar-refractivity contribution in [3.05, 3.63) is 87.6 Å². The van der Waals surface area contributed by atoms with Crippen molar-refractivity contribution >= 4 is 33.3 Å². The number of fused-ring (bicyclic) bond motifs is 3. The second-order valence-corrected chi connectivity index (χ2v) is 11.1. The number of nitrogens with zero attached hydrogens (tertiary/aromatic N) is 5. The minimum atomic E-state index is 0.128. The van der Waals surface area contributed by atoms with Crippen LogP contribution in [0.5, 0.6) is 0 Å². The fraction of sp³-hybridized carbons (Fsp3) is 0.367. The second kappa shape index (κ2) is 10.2. The summed E-state index contributed by atoms with van der Waals surface area (Å²) >= 11 is 1.84. The van der Waals surface area contributed by atoms with Gasteiger partial charge in [-0.05, 0) is 42.6 Å². The number of thiophene rings is 1. The normalized spacial score (nSPS) is 16.3. The van der Waals surface area contributed by atoms with Gasteiger partial charge in [-0.15, -0.1) is 11.3 Å². The summed E-state index contributed by atoms with van der Waals surface area (Å²) in [7, 11) is 0.